The summed E-state index contributed by atoms with van der Waals surface area (Å²) in [6.45, 7) is 6.46. The van der Waals surface area contributed by atoms with Crippen LogP contribution in [0.2, 0.25) is 0 Å². The summed E-state index contributed by atoms with van der Waals surface area (Å²) < 4.78 is 5.93. The third-order valence-electron chi connectivity index (χ3n) is 5.21. The van der Waals surface area contributed by atoms with Gasteiger partial charge in [-0.15, -0.1) is 0 Å². The number of rotatable bonds is 4. The van der Waals surface area contributed by atoms with Crippen LogP contribution in [0.25, 0.3) is 0 Å². The monoisotopic (exact) mass is 301 g/mol. The molecule has 1 heterocycles. The van der Waals surface area contributed by atoms with E-state index in [2.05, 4.69) is 31.2 Å². The minimum atomic E-state index is -0.518. The molecule has 22 heavy (non-hydrogen) atoms. The molecule has 1 aromatic carbocycles. The van der Waals surface area contributed by atoms with Gasteiger partial charge in [0, 0.05) is 25.6 Å². The first-order chi connectivity index (χ1) is 10.6. The zero-order chi connectivity index (χ0) is 15.6. The Labute approximate surface area is 133 Å². The zero-order valence-corrected chi connectivity index (χ0v) is 13.8. The summed E-state index contributed by atoms with van der Waals surface area (Å²) in [6.07, 6.45) is 5.08. The van der Waals surface area contributed by atoms with E-state index in [1.54, 1.807) is 0 Å². The first-order valence-electron chi connectivity index (χ1n) is 8.64. The van der Waals surface area contributed by atoms with Crippen molar-refractivity contribution in [2.24, 2.45) is 0 Å². The van der Waals surface area contributed by atoms with E-state index < -0.39 is 5.60 Å². The molecule has 3 rings (SSSR count). The van der Waals surface area contributed by atoms with Crippen LogP contribution in [0.4, 0.5) is 0 Å². The molecule has 0 N–H and O–H groups in total. The van der Waals surface area contributed by atoms with Crippen molar-refractivity contribution in [3.8, 4) is 0 Å². The number of nitrogens with zero attached hydrogens (tertiary/aromatic N) is 1. The highest BCUT2D eigenvalue weighted by atomic mass is 16.5. The van der Waals surface area contributed by atoms with E-state index in [0.717, 1.165) is 45.2 Å². The standard InChI is InChI=1S/C19H27NO2/c1-3-22-19(10-4-5-11-19)18(21)20-12-9-17(14-20)16-8-6-7-15(2)13-16/h6-8,13,17H,3-5,9-12,14H2,1-2H3. The van der Waals surface area contributed by atoms with Crippen LogP contribution in [0.3, 0.4) is 0 Å². The van der Waals surface area contributed by atoms with Gasteiger partial charge >= 0.3 is 0 Å². The third-order valence-corrected chi connectivity index (χ3v) is 5.21. The van der Waals surface area contributed by atoms with Gasteiger partial charge in [0.1, 0.15) is 5.60 Å². The summed E-state index contributed by atoms with van der Waals surface area (Å²) in [7, 11) is 0. The third kappa shape index (κ3) is 2.91. The van der Waals surface area contributed by atoms with Gasteiger partial charge in [-0.2, -0.15) is 0 Å². The van der Waals surface area contributed by atoms with Crippen molar-refractivity contribution < 1.29 is 9.53 Å². The van der Waals surface area contributed by atoms with Crippen molar-refractivity contribution in [3.63, 3.8) is 0 Å². The van der Waals surface area contributed by atoms with Gasteiger partial charge in [0.05, 0.1) is 0 Å². The number of hydrogen-bond donors (Lipinski definition) is 0. The van der Waals surface area contributed by atoms with Gasteiger partial charge in [0.25, 0.3) is 5.91 Å². The van der Waals surface area contributed by atoms with E-state index in [0.29, 0.717) is 12.5 Å². The van der Waals surface area contributed by atoms with Crippen LogP contribution in [-0.2, 0) is 9.53 Å². The number of benzene rings is 1. The maximum Gasteiger partial charge on any atom is 0.254 e. The van der Waals surface area contributed by atoms with Crippen LogP contribution >= 0.6 is 0 Å². The second kappa shape index (κ2) is 6.41. The Bertz CT molecular complexity index is 534. The van der Waals surface area contributed by atoms with E-state index in [-0.39, 0.29) is 5.91 Å². The molecule has 1 aromatic rings. The van der Waals surface area contributed by atoms with Crippen LogP contribution in [-0.4, -0.2) is 36.1 Å². The molecule has 0 bridgehead atoms. The molecule has 1 saturated heterocycles. The highest BCUT2D eigenvalue weighted by Gasteiger charge is 2.45. The first kappa shape index (κ1) is 15.5. The summed E-state index contributed by atoms with van der Waals surface area (Å²) in [5.41, 5.74) is 2.15. The molecule has 3 heteroatoms. The molecule has 1 saturated carbocycles. The lowest BCUT2D eigenvalue weighted by molar-refractivity contribution is -0.156. The van der Waals surface area contributed by atoms with Crippen LogP contribution in [0.15, 0.2) is 24.3 Å². The molecule has 3 nitrogen and oxygen atoms in total. The summed E-state index contributed by atoms with van der Waals surface area (Å²) in [6, 6.07) is 8.70. The number of amides is 1. The number of carbonyl (C=O) groups is 1. The highest BCUT2D eigenvalue weighted by molar-refractivity contribution is 5.86. The Kier molecular flexibility index (Phi) is 4.53. The lowest BCUT2D eigenvalue weighted by Crippen LogP contribution is -2.48. The number of hydrogen-bond acceptors (Lipinski definition) is 2. The van der Waals surface area contributed by atoms with E-state index in [1.807, 2.05) is 11.8 Å². The average Bonchev–Trinajstić information content (AvgIpc) is 3.17. The topological polar surface area (TPSA) is 29.5 Å². The fourth-order valence-electron chi connectivity index (χ4n) is 4.07. The van der Waals surface area contributed by atoms with Gasteiger partial charge in [0.2, 0.25) is 0 Å². The van der Waals surface area contributed by atoms with Crippen LogP contribution in [0.5, 0.6) is 0 Å². The van der Waals surface area contributed by atoms with Gasteiger partial charge in [-0.3, -0.25) is 4.79 Å². The fourth-order valence-corrected chi connectivity index (χ4v) is 4.07. The maximum atomic E-state index is 13.0. The molecular weight excluding hydrogens is 274 g/mol. The predicted molar refractivity (Wildman–Crippen MR) is 87.9 cm³/mol. The molecule has 120 valence electrons. The molecule has 1 aliphatic heterocycles. The van der Waals surface area contributed by atoms with Gasteiger partial charge in [-0.25, -0.2) is 0 Å². The molecule has 1 atom stereocenters. The quantitative estimate of drug-likeness (QED) is 0.849. The molecule has 0 radical (unpaired) electrons. The van der Waals surface area contributed by atoms with Crippen molar-refractivity contribution >= 4 is 5.91 Å². The fraction of sp³-hybridized carbons (Fsp3) is 0.632. The Balaban J connectivity index is 1.70. The lowest BCUT2D eigenvalue weighted by atomic mass is 9.96. The molecule has 1 aliphatic carbocycles. The second-order valence-corrected chi connectivity index (χ2v) is 6.79. The van der Waals surface area contributed by atoms with Gasteiger partial charge < -0.3 is 9.64 Å². The first-order valence-corrected chi connectivity index (χ1v) is 8.64. The Morgan fingerprint density at radius 1 is 1.36 bits per heavy atom. The number of likely N-dealkylation sites (tertiary alicyclic amines) is 1. The minimum absolute atomic E-state index is 0.238. The van der Waals surface area contributed by atoms with Gasteiger partial charge in [-0.1, -0.05) is 29.8 Å². The van der Waals surface area contributed by atoms with Gasteiger partial charge in [0.15, 0.2) is 0 Å². The summed E-state index contributed by atoms with van der Waals surface area (Å²) in [5, 5.41) is 0. The van der Waals surface area contributed by atoms with Gasteiger partial charge in [-0.05, 0) is 51.5 Å². The molecule has 0 spiro atoms. The molecule has 1 amide bonds. The Morgan fingerprint density at radius 3 is 2.82 bits per heavy atom. The minimum Gasteiger partial charge on any atom is -0.365 e. The number of ether oxygens (including phenoxy) is 1. The highest BCUT2D eigenvalue weighted by Crippen LogP contribution is 2.37. The van der Waals surface area contributed by atoms with E-state index >= 15 is 0 Å². The SMILES string of the molecule is CCOC1(C(=O)N2CCC(c3cccc(C)c3)C2)CCCC1. The largest absolute Gasteiger partial charge is 0.365 e. The van der Waals surface area contributed by atoms with Crippen molar-refractivity contribution in [1.82, 2.24) is 4.90 Å². The number of aryl methyl sites for hydroxylation is 1. The van der Waals surface area contributed by atoms with Crippen LogP contribution in [0, 0.1) is 6.92 Å². The smallest absolute Gasteiger partial charge is 0.254 e. The van der Waals surface area contributed by atoms with Crippen molar-refractivity contribution in [2.75, 3.05) is 19.7 Å². The summed E-state index contributed by atoms with van der Waals surface area (Å²) in [4.78, 5) is 15.1. The van der Waals surface area contributed by atoms with E-state index in [1.165, 1.54) is 11.1 Å². The average molecular weight is 301 g/mol. The van der Waals surface area contributed by atoms with Crippen LogP contribution in [0.1, 0.15) is 56.1 Å². The molecule has 2 aliphatic rings. The van der Waals surface area contributed by atoms with E-state index in [4.69, 9.17) is 4.74 Å². The second-order valence-electron chi connectivity index (χ2n) is 6.79. The maximum absolute atomic E-state index is 13.0. The van der Waals surface area contributed by atoms with E-state index in [9.17, 15) is 4.79 Å². The lowest BCUT2D eigenvalue weighted by Gasteiger charge is -2.32. The van der Waals surface area contributed by atoms with Crippen molar-refractivity contribution in [3.05, 3.63) is 35.4 Å². The van der Waals surface area contributed by atoms with Crippen LogP contribution < -0.4 is 0 Å². The predicted octanol–water partition coefficient (Wildman–Crippen LogP) is 3.66. The molecular formula is C19H27NO2. The Hall–Kier alpha value is -1.35. The Morgan fingerprint density at radius 2 is 2.14 bits per heavy atom. The molecule has 2 fully saturated rings. The van der Waals surface area contributed by atoms with Crippen molar-refractivity contribution in [1.29, 1.82) is 0 Å². The van der Waals surface area contributed by atoms with Crippen molar-refractivity contribution in [2.45, 2.75) is 57.5 Å². The number of carbonyl (C=O) groups excluding carboxylic acids is 1. The normalized spacial score (nSPS) is 23.9. The summed E-state index contributed by atoms with van der Waals surface area (Å²) >= 11 is 0. The summed E-state index contributed by atoms with van der Waals surface area (Å²) in [5.74, 6) is 0.714. The molecule has 0 aromatic heterocycles. The zero-order valence-electron chi connectivity index (χ0n) is 13.8. The molecule has 1 unspecified atom stereocenters.